The van der Waals surface area contributed by atoms with Crippen molar-refractivity contribution in [3.05, 3.63) is 36.0 Å². The molecule has 1 amide bonds. The van der Waals surface area contributed by atoms with E-state index in [2.05, 4.69) is 10.3 Å². The fourth-order valence-electron chi connectivity index (χ4n) is 1.82. The number of aryl methyl sites for hydroxylation is 1. The highest BCUT2D eigenvalue weighted by atomic mass is 16.5. The third-order valence-corrected chi connectivity index (χ3v) is 3.43. The van der Waals surface area contributed by atoms with Gasteiger partial charge in [0, 0.05) is 11.1 Å². The molecule has 1 heterocycles. The normalized spacial score (nSPS) is 13.9. The van der Waals surface area contributed by atoms with E-state index in [1.54, 1.807) is 14.0 Å². The van der Waals surface area contributed by atoms with Crippen LogP contribution in [0.3, 0.4) is 0 Å². The van der Waals surface area contributed by atoms with Crippen molar-refractivity contribution in [2.45, 2.75) is 19.4 Å². The van der Waals surface area contributed by atoms with Crippen LogP contribution in [-0.4, -0.2) is 30.1 Å². The topological polar surface area (TPSA) is 77.2 Å². The first kappa shape index (κ1) is 14.3. The number of nitrogens with one attached hydrogen (secondary N) is 1. The molecule has 0 spiro atoms. The van der Waals surface area contributed by atoms with Crippen LogP contribution in [-0.2, 0) is 4.79 Å². The molecular formula is C15H19N3O2. The van der Waals surface area contributed by atoms with E-state index in [0.29, 0.717) is 5.75 Å². The minimum atomic E-state index is -0.911. The number of para-hydroxylation sites is 1. The molecule has 0 aliphatic rings. The van der Waals surface area contributed by atoms with Gasteiger partial charge < -0.3 is 15.8 Å². The van der Waals surface area contributed by atoms with Gasteiger partial charge in [0.05, 0.1) is 0 Å². The Bertz CT molecular complexity index is 642. The summed E-state index contributed by atoms with van der Waals surface area (Å²) in [6, 6.07) is 9.66. The highest BCUT2D eigenvalue weighted by Crippen LogP contribution is 2.24. The number of hydrogen-bond donors (Lipinski definition) is 2. The number of primary amides is 1. The first-order valence-electron chi connectivity index (χ1n) is 6.44. The second-order valence-electron chi connectivity index (χ2n) is 5.02. The summed E-state index contributed by atoms with van der Waals surface area (Å²) in [5, 5.41) is 3.89. The lowest BCUT2D eigenvalue weighted by Crippen LogP contribution is -2.55. The van der Waals surface area contributed by atoms with Crippen LogP contribution in [0.15, 0.2) is 30.3 Å². The molecule has 0 fully saturated rings. The highest BCUT2D eigenvalue weighted by Gasteiger charge is 2.30. The molecule has 1 aromatic heterocycles. The number of benzene rings is 1. The standard InChI is InChI=1S/C15H19N3O2/c1-10-7-8-11-5-4-6-12(13(11)18-10)20-9-15(2,17-3)14(16)19/h4-8,17H,9H2,1-3H3,(H2,16,19). The van der Waals surface area contributed by atoms with Gasteiger partial charge in [-0.3, -0.25) is 4.79 Å². The van der Waals surface area contributed by atoms with Gasteiger partial charge in [0.25, 0.3) is 0 Å². The predicted molar refractivity (Wildman–Crippen MR) is 78.6 cm³/mol. The Hall–Kier alpha value is -2.14. The number of rotatable bonds is 5. The van der Waals surface area contributed by atoms with Gasteiger partial charge in [0.2, 0.25) is 5.91 Å². The van der Waals surface area contributed by atoms with Crippen molar-refractivity contribution in [2.75, 3.05) is 13.7 Å². The fourth-order valence-corrected chi connectivity index (χ4v) is 1.82. The van der Waals surface area contributed by atoms with E-state index >= 15 is 0 Å². The van der Waals surface area contributed by atoms with Crippen molar-refractivity contribution < 1.29 is 9.53 Å². The number of ether oxygens (including phenoxy) is 1. The van der Waals surface area contributed by atoms with Crippen molar-refractivity contribution in [2.24, 2.45) is 5.73 Å². The Morgan fingerprint density at radius 3 is 2.80 bits per heavy atom. The zero-order chi connectivity index (χ0) is 14.8. The summed E-state index contributed by atoms with van der Waals surface area (Å²) in [5.74, 6) is 0.193. The minimum absolute atomic E-state index is 0.146. The van der Waals surface area contributed by atoms with E-state index in [4.69, 9.17) is 10.5 Å². The molecule has 5 nitrogen and oxygen atoms in total. The summed E-state index contributed by atoms with van der Waals surface area (Å²) in [6.45, 7) is 3.78. The van der Waals surface area contributed by atoms with E-state index in [1.165, 1.54) is 0 Å². The Balaban J connectivity index is 2.30. The lowest BCUT2D eigenvalue weighted by atomic mass is 10.0. The molecule has 1 unspecified atom stereocenters. The van der Waals surface area contributed by atoms with Crippen LogP contribution in [0.2, 0.25) is 0 Å². The van der Waals surface area contributed by atoms with Gasteiger partial charge in [-0.25, -0.2) is 4.98 Å². The number of likely N-dealkylation sites (N-methyl/N-ethyl adjacent to an activating group) is 1. The molecule has 1 aromatic carbocycles. The summed E-state index contributed by atoms with van der Waals surface area (Å²) < 4.78 is 5.77. The van der Waals surface area contributed by atoms with E-state index in [1.807, 2.05) is 37.3 Å². The van der Waals surface area contributed by atoms with Crippen molar-refractivity contribution in [1.29, 1.82) is 0 Å². The van der Waals surface area contributed by atoms with Crippen LogP contribution >= 0.6 is 0 Å². The van der Waals surface area contributed by atoms with Crippen LogP contribution in [0.1, 0.15) is 12.6 Å². The number of aromatic nitrogens is 1. The lowest BCUT2D eigenvalue weighted by molar-refractivity contribution is -0.124. The van der Waals surface area contributed by atoms with Gasteiger partial charge in [0.1, 0.15) is 23.4 Å². The maximum absolute atomic E-state index is 11.5. The number of nitrogens with two attached hydrogens (primary N) is 1. The molecule has 0 bridgehead atoms. The van der Waals surface area contributed by atoms with Crippen LogP contribution in [0, 0.1) is 6.92 Å². The highest BCUT2D eigenvalue weighted by molar-refractivity contribution is 5.85. The summed E-state index contributed by atoms with van der Waals surface area (Å²) in [4.78, 5) is 15.9. The Morgan fingerprint density at radius 1 is 1.40 bits per heavy atom. The third-order valence-electron chi connectivity index (χ3n) is 3.43. The predicted octanol–water partition coefficient (Wildman–Crippen LogP) is 1.39. The van der Waals surface area contributed by atoms with E-state index in [0.717, 1.165) is 16.6 Å². The summed E-state index contributed by atoms with van der Waals surface area (Å²) in [6.07, 6.45) is 0. The van der Waals surface area contributed by atoms with E-state index < -0.39 is 11.4 Å². The number of carbonyl (C=O) groups is 1. The largest absolute Gasteiger partial charge is 0.489 e. The third kappa shape index (κ3) is 2.72. The molecule has 3 N–H and O–H groups in total. The number of amides is 1. The SMILES string of the molecule is CNC(C)(COc1cccc2ccc(C)nc12)C(N)=O. The second-order valence-corrected chi connectivity index (χ2v) is 5.02. The first-order chi connectivity index (χ1) is 9.46. The van der Waals surface area contributed by atoms with Crippen LogP contribution < -0.4 is 15.8 Å². The minimum Gasteiger partial charge on any atom is -0.489 e. The molecular weight excluding hydrogens is 254 g/mol. The zero-order valence-corrected chi connectivity index (χ0v) is 11.9. The van der Waals surface area contributed by atoms with Gasteiger partial charge in [-0.05, 0) is 33.0 Å². The molecule has 106 valence electrons. The quantitative estimate of drug-likeness (QED) is 0.863. The molecule has 0 aliphatic carbocycles. The molecule has 20 heavy (non-hydrogen) atoms. The van der Waals surface area contributed by atoms with E-state index in [9.17, 15) is 4.79 Å². The van der Waals surface area contributed by atoms with Crippen LogP contribution in [0.25, 0.3) is 10.9 Å². The lowest BCUT2D eigenvalue weighted by Gasteiger charge is -2.25. The zero-order valence-electron chi connectivity index (χ0n) is 11.9. The molecule has 0 saturated carbocycles. The average molecular weight is 273 g/mol. The van der Waals surface area contributed by atoms with Gasteiger partial charge in [-0.15, -0.1) is 0 Å². The van der Waals surface area contributed by atoms with Crippen molar-refractivity contribution in [1.82, 2.24) is 10.3 Å². The number of carbonyl (C=O) groups excluding carboxylic acids is 1. The Kier molecular flexibility index (Phi) is 3.90. The van der Waals surface area contributed by atoms with Crippen LogP contribution in [0.5, 0.6) is 5.75 Å². The number of hydrogen-bond acceptors (Lipinski definition) is 4. The first-order valence-corrected chi connectivity index (χ1v) is 6.44. The molecule has 5 heteroatoms. The number of pyridine rings is 1. The summed E-state index contributed by atoms with van der Waals surface area (Å²) in [7, 11) is 1.68. The smallest absolute Gasteiger partial charge is 0.240 e. The van der Waals surface area contributed by atoms with Gasteiger partial charge in [-0.2, -0.15) is 0 Å². The van der Waals surface area contributed by atoms with Gasteiger partial charge in [0.15, 0.2) is 0 Å². The average Bonchev–Trinajstić information content (AvgIpc) is 2.44. The fraction of sp³-hybridized carbons (Fsp3) is 0.333. The molecule has 2 aromatic rings. The monoisotopic (exact) mass is 273 g/mol. The maximum Gasteiger partial charge on any atom is 0.240 e. The molecule has 1 atom stereocenters. The second kappa shape index (κ2) is 5.46. The summed E-state index contributed by atoms with van der Waals surface area (Å²) >= 11 is 0. The van der Waals surface area contributed by atoms with Crippen LogP contribution in [0.4, 0.5) is 0 Å². The van der Waals surface area contributed by atoms with Gasteiger partial charge in [-0.1, -0.05) is 18.2 Å². The van der Waals surface area contributed by atoms with Gasteiger partial charge >= 0.3 is 0 Å². The van der Waals surface area contributed by atoms with E-state index in [-0.39, 0.29) is 6.61 Å². The number of fused-ring (bicyclic) bond motifs is 1. The molecule has 2 rings (SSSR count). The van der Waals surface area contributed by atoms with Crippen molar-refractivity contribution in [3.8, 4) is 5.75 Å². The molecule has 0 saturated heterocycles. The molecule has 0 aliphatic heterocycles. The van der Waals surface area contributed by atoms with Crippen molar-refractivity contribution >= 4 is 16.8 Å². The Labute approximate surface area is 118 Å². The molecule has 0 radical (unpaired) electrons. The van der Waals surface area contributed by atoms with Crippen molar-refractivity contribution in [3.63, 3.8) is 0 Å². The maximum atomic E-state index is 11.5. The summed E-state index contributed by atoms with van der Waals surface area (Å²) in [5.41, 5.74) is 6.18. The number of nitrogens with zero attached hydrogens (tertiary/aromatic N) is 1. The Morgan fingerprint density at radius 2 is 2.15 bits per heavy atom.